The molecular weight excluding hydrogens is 334 g/mol. The summed E-state index contributed by atoms with van der Waals surface area (Å²) in [5.41, 5.74) is 1.64. The van der Waals surface area contributed by atoms with Gasteiger partial charge in [-0.1, -0.05) is 30.3 Å². The molecule has 0 radical (unpaired) electrons. The SMILES string of the molecule is COc1ccccc1COc1cccc(C(C(=O)O)N2CCOCC2)c1. The Labute approximate surface area is 152 Å². The highest BCUT2D eigenvalue weighted by Gasteiger charge is 2.29. The molecule has 3 rings (SSSR count). The van der Waals surface area contributed by atoms with Gasteiger partial charge in [0.25, 0.3) is 0 Å². The van der Waals surface area contributed by atoms with Gasteiger partial charge in [0.05, 0.1) is 20.3 Å². The van der Waals surface area contributed by atoms with E-state index in [1.54, 1.807) is 13.2 Å². The fourth-order valence-electron chi connectivity index (χ4n) is 3.10. The number of morpholine rings is 1. The zero-order chi connectivity index (χ0) is 18.4. The van der Waals surface area contributed by atoms with Crippen LogP contribution in [0.15, 0.2) is 48.5 Å². The van der Waals surface area contributed by atoms with Crippen molar-refractivity contribution in [2.75, 3.05) is 33.4 Å². The van der Waals surface area contributed by atoms with Gasteiger partial charge >= 0.3 is 5.97 Å². The third-order valence-electron chi connectivity index (χ3n) is 4.41. The van der Waals surface area contributed by atoms with Crippen molar-refractivity contribution in [3.8, 4) is 11.5 Å². The first-order valence-electron chi connectivity index (χ1n) is 8.58. The maximum Gasteiger partial charge on any atom is 0.325 e. The third kappa shape index (κ3) is 4.33. The fourth-order valence-corrected chi connectivity index (χ4v) is 3.10. The highest BCUT2D eigenvalue weighted by molar-refractivity contribution is 5.75. The Morgan fingerprint density at radius 1 is 1.19 bits per heavy atom. The van der Waals surface area contributed by atoms with E-state index in [2.05, 4.69) is 0 Å². The number of ether oxygens (including phenoxy) is 3. The summed E-state index contributed by atoms with van der Waals surface area (Å²) in [4.78, 5) is 13.8. The van der Waals surface area contributed by atoms with Gasteiger partial charge in [-0.15, -0.1) is 0 Å². The topological polar surface area (TPSA) is 68.2 Å². The van der Waals surface area contributed by atoms with E-state index in [1.807, 2.05) is 47.4 Å². The van der Waals surface area contributed by atoms with Gasteiger partial charge in [0.2, 0.25) is 0 Å². The summed E-state index contributed by atoms with van der Waals surface area (Å²) in [6, 6.07) is 14.2. The summed E-state index contributed by atoms with van der Waals surface area (Å²) in [6.45, 7) is 2.65. The standard InChI is InChI=1S/C20H23NO5/c1-24-18-8-3-2-5-16(18)14-26-17-7-4-6-15(13-17)19(20(22)23)21-9-11-25-12-10-21/h2-8,13,19H,9-12,14H2,1H3,(H,22,23). The van der Waals surface area contributed by atoms with Crippen molar-refractivity contribution in [2.45, 2.75) is 12.6 Å². The molecule has 0 saturated carbocycles. The molecular formula is C20H23NO5. The molecule has 138 valence electrons. The zero-order valence-electron chi connectivity index (χ0n) is 14.8. The van der Waals surface area contributed by atoms with E-state index in [4.69, 9.17) is 14.2 Å². The number of carboxylic acids is 1. The first kappa shape index (κ1) is 18.2. The number of rotatable bonds is 7. The summed E-state index contributed by atoms with van der Waals surface area (Å²) in [5, 5.41) is 9.71. The van der Waals surface area contributed by atoms with Crippen LogP contribution in [0.2, 0.25) is 0 Å². The van der Waals surface area contributed by atoms with E-state index < -0.39 is 12.0 Å². The normalized spacial score (nSPS) is 16.0. The summed E-state index contributed by atoms with van der Waals surface area (Å²) in [5.74, 6) is 0.530. The second kappa shape index (κ2) is 8.69. The van der Waals surface area contributed by atoms with Crippen molar-refractivity contribution in [1.29, 1.82) is 0 Å². The quantitative estimate of drug-likeness (QED) is 0.822. The Bertz CT molecular complexity index is 742. The molecule has 1 unspecified atom stereocenters. The molecule has 6 nitrogen and oxygen atoms in total. The van der Waals surface area contributed by atoms with E-state index in [0.29, 0.717) is 44.2 Å². The van der Waals surface area contributed by atoms with E-state index in [1.165, 1.54) is 0 Å². The van der Waals surface area contributed by atoms with Crippen molar-refractivity contribution in [2.24, 2.45) is 0 Å². The minimum absolute atomic E-state index is 0.350. The van der Waals surface area contributed by atoms with Gasteiger partial charge in [-0.2, -0.15) is 0 Å². The largest absolute Gasteiger partial charge is 0.496 e. The number of aliphatic carboxylic acids is 1. The summed E-state index contributed by atoms with van der Waals surface area (Å²) in [6.07, 6.45) is 0. The van der Waals surface area contributed by atoms with Crippen molar-refractivity contribution < 1.29 is 24.1 Å². The number of para-hydroxylation sites is 1. The Kier molecular flexibility index (Phi) is 6.09. The molecule has 1 N–H and O–H groups in total. The number of nitrogens with zero attached hydrogens (tertiary/aromatic N) is 1. The van der Waals surface area contributed by atoms with Crippen LogP contribution in [0.3, 0.4) is 0 Å². The van der Waals surface area contributed by atoms with Crippen LogP contribution in [0.5, 0.6) is 11.5 Å². The molecule has 0 aromatic heterocycles. The number of methoxy groups -OCH3 is 1. The second-order valence-corrected chi connectivity index (χ2v) is 6.06. The van der Waals surface area contributed by atoms with Crippen molar-refractivity contribution in [1.82, 2.24) is 4.90 Å². The molecule has 0 amide bonds. The van der Waals surface area contributed by atoms with Gasteiger partial charge in [0.1, 0.15) is 24.1 Å². The van der Waals surface area contributed by atoms with Crippen LogP contribution in [-0.4, -0.2) is 49.4 Å². The Morgan fingerprint density at radius 3 is 2.69 bits per heavy atom. The lowest BCUT2D eigenvalue weighted by Crippen LogP contribution is -2.42. The van der Waals surface area contributed by atoms with Gasteiger partial charge < -0.3 is 19.3 Å². The molecule has 0 spiro atoms. The van der Waals surface area contributed by atoms with Crippen LogP contribution >= 0.6 is 0 Å². The van der Waals surface area contributed by atoms with Crippen LogP contribution in [0.4, 0.5) is 0 Å². The first-order chi connectivity index (χ1) is 12.7. The summed E-state index contributed by atoms with van der Waals surface area (Å²) < 4.78 is 16.5. The molecule has 2 aromatic rings. The molecule has 0 bridgehead atoms. The summed E-state index contributed by atoms with van der Waals surface area (Å²) >= 11 is 0. The van der Waals surface area contributed by atoms with E-state index in [0.717, 1.165) is 11.3 Å². The molecule has 1 heterocycles. The molecule has 2 aromatic carbocycles. The van der Waals surface area contributed by atoms with Gasteiger partial charge in [-0.05, 0) is 23.8 Å². The minimum atomic E-state index is -0.867. The van der Waals surface area contributed by atoms with Gasteiger partial charge in [-0.25, -0.2) is 0 Å². The van der Waals surface area contributed by atoms with Crippen LogP contribution in [0.25, 0.3) is 0 Å². The lowest BCUT2D eigenvalue weighted by atomic mass is 10.0. The average Bonchev–Trinajstić information content (AvgIpc) is 2.67. The van der Waals surface area contributed by atoms with Crippen molar-refractivity contribution in [3.05, 3.63) is 59.7 Å². The molecule has 1 atom stereocenters. The van der Waals surface area contributed by atoms with Gasteiger partial charge in [0.15, 0.2) is 0 Å². The lowest BCUT2D eigenvalue weighted by molar-refractivity contribution is -0.145. The maximum absolute atomic E-state index is 11.8. The van der Waals surface area contributed by atoms with E-state index in [9.17, 15) is 9.90 Å². The molecule has 1 aliphatic rings. The highest BCUT2D eigenvalue weighted by atomic mass is 16.5. The van der Waals surface area contributed by atoms with Crippen LogP contribution in [0, 0.1) is 0 Å². The number of carboxylic acid groups (broad SMARTS) is 1. The van der Waals surface area contributed by atoms with Gasteiger partial charge in [0, 0.05) is 18.7 Å². The molecule has 1 fully saturated rings. The average molecular weight is 357 g/mol. The first-order valence-corrected chi connectivity index (χ1v) is 8.58. The molecule has 1 aliphatic heterocycles. The number of carbonyl (C=O) groups is 1. The van der Waals surface area contributed by atoms with E-state index >= 15 is 0 Å². The second-order valence-electron chi connectivity index (χ2n) is 6.06. The van der Waals surface area contributed by atoms with Crippen LogP contribution in [-0.2, 0) is 16.1 Å². The monoisotopic (exact) mass is 357 g/mol. The third-order valence-corrected chi connectivity index (χ3v) is 4.41. The van der Waals surface area contributed by atoms with Gasteiger partial charge in [-0.3, -0.25) is 9.69 Å². The van der Waals surface area contributed by atoms with Crippen LogP contribution < -0.4 is 9.47 Å². The minimum Gasteiger partial charge on any atom is -0.496 e. The molecule has 0 aliphatic carbocycles. The molecule has 26 heavy (non-hydrogen) atoms. The summed E-state index contributed by atoms with van der Waals surface area (Å²) in [7, 11) is 1.62. The smallest absolute Gasteiger partial charge is 0.325 e. The molecule has 1 saturated heterocycles. The maximum atomic E-state index is 11.8. The molecule has 6 heteroatoms. The predicted molar refractivity (Wildman–Crippen MR) is 96.5 cm³/mol. The Hall–Kier alpha value is -2.57. The van der Waals surface area contributed by atoms with E-state index in [-0.39, 0.29) is 0 Å². The number of hydrogen-bond donors (Lipinski definition) is 1. The highest BCUT2D eigenvalue weighted by Crippen LogP contribution is 2.27. The predicted octanol–water partition coefficient (Wildman–Crippen LogP) is 2.73. The Morgan fingerprint density at radius 2 is 1.96 bits per heavy atom. The number of benzene rings is 2. The zero-order valence-corrected chi connectivity index (χ0v) is 14.8. The fraction of sp³-hybridized carbons (Fsp3) is 0.350. The van der Waals surface area contributed by atoms with Crippen LogP contribution in [0.1, 0.15) is 17.2 Å². The number of hydrogen-bond acceptors (Lipinski definition) is 5. The Balaban J connectivity index is 1.75. The lowest BCUT2D eigenvalue weighted by Gasteiger charge is -2.32. The van der Waals surface area contributed by atoms with Crippen molar-refractivity contribution >= 4 is 5.97 Å². The van der Waals surface area contributed by atoms with Crippen molar-refractivity contribution in [3.63, 3.8) is 0 Å².